The predicted molar refractivity (Wildman–Crippen MR) is 121 cm³/mol. The molecule has 1 aliphatic heterocycles. The largest absolute Gasteiger partial charge is 0.481 e. The van der Waals surface area contributed by atoms with Gasteiger partial charge in [-0.25, -0.2) is 4.79 Å². The molecular formula is C25H28N2O6. The smallest absolute Gasteiger partial charge is 0.407 e. The summed E-state index contributed by atoms with van der Waals surface area (Å²) < 4.78 is 10.8. The van der Waals surface area contributed by atoms with Crippen LogP contribution in [0.1, 0.15) is 37.3 Å². The van der Waals surface area contributed by atoms with Gasteiger partial charge in [0.05, 0.1) is 19.3 Å². The molecule has 174 valence electrons. The number of benzene rings is 2. The molecule has 0 saturated carbocycles. The average molecular weight is 453 g/mol. The minimum atomic E-state index is -1.17. The lowest BCUT2D eigenvalue weighted by Crippen LogP contribution is -2.50. The number of fused-ring (bicyclic) bond motifs is 3. The van der Waals surface area contributed by atoms with E-state index in [0.29, 0.717) is 0 Å². The summed E-state index contributed by atoms with van der Waals surface area (Å²) in [5.74, 6) is -1.42. The van der Waals surface area contributed by atoms with E-state index in [1.54, 1.807) is 13.8 Å². The van der Waals surface area contributed by atoms with E-state index in [0.717, 1.165) is 22.3 Å². The van der Waals surface area contributed by atoms with Crippen molar-refractivity contribution in [2.75, 3.05) is 19.8 Å². The molecule has 0 bridgehead atoms. The second-order valence-corrected chi connectivity index (χ2v) is 8.93. The highest BCUT2D eigenvalue weighted by molar-refractivity contribution is 5.81. The summed E-state index contributed by atoms with van der Waals surface area (Å²) in [6.45, 7) is 3.62. The molecule has 0 aromatic heterocycles. The third-order valence-electron chi connectivity index (χ3n) is 6.48. The SMILES string of the molecule is C[C@@H](CC(=O)NC1COCC1(C)C(=O)O)NC(=O)OCC1c2ccccc2-c2ccccc21. The summed E-state index contributed by atoms with van der Waals surface area (Å²) in [6, 6.07) is 15.1. The molecule has 8 nitrogen and oxygen atoms in total. The van der Waals surface area contributed by atoms with Crippen LogP contribution >= 0.6 is 0 Å². The number of hydrogen-bond acceptors (Lipinski definition) is 5. The summed E-state index contributed by atoms with van der Waals surface area (Å²) in [5, 5.41) is 14.8. The summed E-state index contributed by atoms with van der Waals surface area (Å²) in [6.07, 6.45) is -0.604. The first-order valence-corrected chi connectivity index (χ1v) is 11.0. The first-order chi connectivity index (χ1) is 15.8. The maximum Gasteiger partial charge on any atom is 0.407 e. The topological polar surface area (TPSA) is 114 Å². The zero-order chi connectivity index (χ0) is 23.6. The quantitative estimate of drug-likeness (QED) is 0.595. The van der Waals surface area contributed by atoms with Gasteiger partial charge in [-0.1, -0.05) is 48.5 Å². The van der Waals surface area contributed by atoms with Crippen LogP contribution in [0.4, 0.5) is 4.79 Å². The Labute approximate surface area is 192 Å². The summed E-state index contributed by atoms with van der Waals surface area (Å²) >= 11 is 0. The van der Waals surface area contributed by atoms with Crippen LogP contribution in [0.5, 0.6) is 0 Å². The molecule has 2 unspecified atom stereocenters. The second kappa shape index (κ2) is 9.23. The number of rotatable bonds is 7. The van der Waals surface area contributed by atoms with Crippen LogP contribution in [0.25, 0.3) is 11.1 Å². The predicted octanol–water partition coefficient (Wildman–Crippen LogP) is 2.91. The number of nitrogens with one attached hydrogen (secondary N) is 2. The summed E-state index contributed by atoms with van der Waals surface area (Å²) in [5.41, 5.74) is 3.38. The van der Waals surface area contributed by atoms with Crippen molar-refractivity contribution in [1.82, 2.24) is 10.6 Å². The van der Waals surface area contributed by atoms with E-state index in [-0.39, 0.29) is 38.1 Å². The molecule has 33 heavy (non-hydrogen) atoms. The van der Waals surface area contributed by atoms with Gasteiger partial charge in [-0.2, -0.15) is 0 Å². The van der Waals surface area contributed by atoms with Gasteiger partial charge in [0.15, 0.2) is 0 Å². The Morgan fingerprint density at radius 3 is 2.33 bits per heavy atom. The van der Waals surface area contributed by atoms with Crippen LogP contribution in [0.2, 0.25) is 0 Å². The number of hydrogen-bond donors (Lipinski definition) is 3. The maximum absolute atomic E-state index is 12.4. The number of aliphatic carboxylic acids is 1. The van der Waals surface area contributed by atoms with Crippen molar-refractivity contribution < 1.29 is 29.0 Å². The maximum atomic E-state index is 12.4. The van der Waals surface area contributed by atoms with E-state index in [1.165, 1.54) is 0 Å². The lowest BCUT2D eigenvalue weighted by molar-refractivity contribution is -0.149. The Morgan fingerprint density at radius 1 is 1.12 bits per heavy atom. The number of carbonyl (C=O) groups excluding carboxylic acids is 2. The molecule has 1 fully saturated rings. The van der Waals surface area contributed by atoms with Crippen molar-refractivity contribution >= 4 is 18.0 Å². The third-order valence-corrected chi connectivity index (χ3v) is 6.48. The van der Waals surface area contributed by atoms with Crippen LogP contribution in [0.15, 0.2) is 48.5 Å². The molecule has 2 aliphatic rings. The van der Waals surface area contributed by atoms with Crippen LogP contribution < -0.4 is 10.6 Å². The van der Waals surface area contributed by atoms with Crippen molar-refractivity contribution in [1.29, 1.82) is 0 Å². The van der Waals surface area contributed by atoms with E-state index in [9.17, 15) is 19.5 Å². The van der Waals surface area contributed by atoms with Crippen LogP contribution in [0, 0.1) is 5.41 Å². The Bertz CT molecular complexity index is 1020. The molecule has 2 aromatic carbocycles. The lowest BCUT2D eigenvalue weighted by atomic mass is 9.85. The van der Waals surface area contributed by atoms with Gasteiger partial charge in [-0.3, -0.25) is 9.59 Å². The number of carbonyl (C=O) groups is 3. The Hall–Kier alpha value is -3.39. The minimum absolute atomic E-state index is 0.00358. The molecule has 1 saturated heterocycles. The molecule has 8 heteroatoms. The molecule has 3 N–H and O–H groups in total. The van der Waals surface area contributed by atoms with E-state index < -0.39 is 29.6 Å². The normalized spacial score (nSPS) is 22.2. The Morgan fingerprint density at radius 2 is 1.73 bits per heavy atom. The Kier molecular flexibility index (Phi) is 6.37. The molecule has 2 aromatic rings. The van der Waals surface area contributed by atoms with Crippen molar-refractivity contribution in [2.24, 2.45) is 5.41 Å². The van der Waals surface area contributed by atoms with Crippen LogP contribution in [-0.2, 0) is 19.1 Å². The van der Waals surface area contributed by atoms with Gasteiger partial charge in [0.1, 0.15) is 12.0 Å². The number of carboxylic acid groups (broad SMARTS) is 1. The van der Waals surface area contributed by atoms with Gasteiger partial charge < -0.3 is 25.2 Å². The number of amides is 2. The molecule has 1 heterocycles. The number of carboxylic acids is 1. The lowest BCUT2D eigenvalue weighted by Gasteiger charge is -2.26. The first-order valence-electron chi connectivity index (χ1n) is 11.0. The number of ether oxygens (including phenoxy) is 2. The first kappa shape index (κ1) is 22.8. The van der Waals surface area contributed by atoms with Gasteiger partial charge >= 0.3 is 12.1 Å². The van der Waals surface area contributed by atoms with Crippen molar-refractivity contribution in [3.05, 3.63) is 59.7 Å². The van der Waals surface area contributed by atoms with E-state index >= 15 is 0 Å². The van der Waals surface area contributed by atoms with Crippen LogP contribution in [0.3, 0.4) is 0 Å². The molecular weight excluding hydrogens is 424 g/mol. The molecule has 0 spiro atoms. The molecule has 2 amide bonds. The van der Waals surface area contributed by atoms with E-state index in [2.05, 4.69) is 22.8 Å². The highest BCUT2D eigenvalue weighted by Crippen LogP contribution is 2.44. The Balaban J connectivity index is 1.29. The van der Waals surface area contributed by atoms with Gasteiger partial charge in [0, 0.05) is 18.4 Å². The summed E-state index contributed by atoms with van der Waals surface area (Å²) in [7, 11) is 0. The second-order valence-electron chi connectivity index (χ2n) is 8.93. The van der Waals surface area contributed by atoms with Gasteiger partial charge in [0.2, 0.25) is 5.91 Å². The van der Waals surface area contributed by atoms with Crippen LogP contribution in [-0.4, -0.2) is 55.0 Å². The minimum Gasteiger partial charge on any atom is -0.481 e. The van der Waals surface area contributed by atoms with Crippen molar-refractivity contribution in [3.8, 4) is 11.1 Å². The zero-order valence-corrected chi connectivity index (χ0v) is 18.7. The molecule has 0 radical (unpaired) electrons. The fourth-order valence-corrected chi connectivity index (χ4v) is 4.51. The zero-order valence-electron chi connectivity index (χ0n) is 18.7. The van der Waals surface area contributed by atoms with Crippen molar-refractivity contribution in [3.63, 3.8) is 0 Å². The van der Waals surface area contributed by atoms with Crippen molar-refractivity contribution in [2.45, 2.75) is 38.3 Å². The molecule has 3 atom stereocenters. The van der Waals surface area contributed by atoms with Gasteiger partial charge in [-0.05, 0) is 36.1 Å². The van der Waals surface area contributed by atoms with Gasteiger partial charge in [0.25, 0.3) is 0 Å². The monoisotopic (exact) mass is 452 g/mol. The van der Waals surface area contributed by atoms with E-state index in [4.69, 9.17) is 9.47 Å². The third kappa shape index (κ3) is 4.57. The summed E-state index contributed by atoms with van der Waals surface area (Å²) in [4.78, 5) is 36.3. The molecule has 1 aliphatic carbocycles. The molecule has 4 rings (SSSR count). The number of alkyl carbamates (subject to hydrolysis) is 1. The average Bonchev–Trinajstić information content (AvgIpc) is 3.31. The highest BCUT2D eigenvalue weighted by atomic mass is 16.5. The highest BCUT2D eigenvalue weighted by Gasteiger charge is 2.47. The fraction of sp³-hybridized carbons (Fsp3) is 0.400. The fourth-order valence-electron chi connectivity index (χ4n) is 4.51. The van der Waals surface area contributed by atoms with E-state index in [1.807, 2.05) is 36.4 Å². The van der Waals surface area contributed by atoms with Gasteiger partial charge in [-0.15, -0.1) is 0 Å². The standard InChI is InChI=1S/C25H28N2O6/c1-15(11-22(28)27-21-13-32-14-25(21,2)23(29)30)26-24(31)33-12-20-18-9-5-3-7-16(18)17-8-4-6-10-19(17)20/h3-10,15,20-21H,11-14H2,1-2H3,(H,26,31)(H,27,28)(H,29,30)/t15-,21?,25?/m0/s1.